The van der Waals surface area contributed by atoms with Gasteiger partial charge in [0.15, 0.2) is 5.67 Å². The summed E-state index contributed by atoms with van der Waals surface area (Å²) in [5.41, 5.74) is -2.94. The van der Waals surface area contributed by atoms with E-state index in [1.54, 1.807) is 6.92 Å². The molecule has 8 heteroatoms. The first-order chi connectivity index (χ1) is 10.2. The van der Waals surface area contributed by atoms with Crippen molar-refractivity contribution in [2.24, 2.45) is 5.16 Å². The summed E-state index contributed by atoms with van der Waals surface area (Å²) in [6.07, 6.45) is 0. The molecule has 0 aromatic heterocycles. The van der Waals surface area contributed by atoms with E-state index in [0.29, 0.717) is 0 Å². The van der Waals surface area contributed by atoms with Gasteiger partial charge in [-0.3, -0.25) is 4.79 Å². The number of anilines is 1. The number of rotatable bonds is 5. The summed E-state index contributed by atoms with van der Waals surface area (Å²) in [5.74, 6) is -3.45. The molecule has 0 saturated carbocycles. The Hall–Kier alpha value is -2.25. The van der Waals surface area contributed by atoms with Crippen molar-refractivity contribution in [3.05, 3.63) is 29.3 Å². The van der Waals surface area contributed by atoms with Gasteiger partial charge >= 0.3 is 0 Å². The highest BCUT2D eigenvalue weighted by atomic mass is 19.1. The van der Waals surface area contributed by atoms with Gasteiger partial charge in [-0.25, -0.2) is 13.2 Å². The number of halogens is 3. The van der Waals surface area contributed by atoms with Gasteiger partial charge in [0, 0.05) is 5.69 Å². The first-order valence-corrected chi connectivity index (χ1v) is 6.44. The topological polar surface area (TPSA) is 59.9 Å². The van der Waals surface area contributed by atoms with E-state index in [1.165, 1.54) is 7.11 Å². The SMILES string of the molecule is CCOC(=NOC)c1c(F)cc(NC(=O)C(C)(C)F)cc1F. The van der Waals surface area contributed by atoms with E-state index >= 15 is 0 Å². The minimum atomic E-state index is -2.18. The molecule has 1 amide bonds. The molecular formula is C14H17F3N2O3. The van der Waals surface area contributed by atoms with Crippen LogP contribution in [0.25, 0.3) is 0 Å². The van der Waals surface area contributed by atoms with Crippen LogP contribution in [0.5, 0.6) is 0 Å². The zero-order valence-corrected chi connectivity index (χ0v) is 12.7. The summed E-state index contributed by atoms with van der Waals surface area (Å²) < 4.78 is 46.5. The Morgan fingerprint density at radius 2 is 1.86 bits per heavy atom. The number of benzene rings is 1. The summed E-state index contributed by atoms with van der Waals surface area (Å²) in [4.78, 5) is 16.0. The van der Waals surface area contributed by atoms with E-state index < -0.39 is 28.8 Å². The third-order valence-electron chi connectivity index (χ3n) is 2.51. The highest BCUT2D eigenvalue weighted by Gasteiger charge is 2.27. The van der Waals surface area contributed by atoms with Crippen LogP contribution in [0.3, 0.4) is 0 Å². The molecular weight excluding hydrogens is 301 g/mol. The largest absolute Gasteiger partial charge is 0.475 e. The number of hydrogen-bond acceptors (Lipinski definition) is 4. The van der Waals surface area contributed by atoms with Gasteiger partial charge in [0.1, 0.15) is 24.3 Å². The maximum Gasteiger partial charge on any atom is 0.263 e. The van der Waals surface area contributed by atoms with Crippen LogP contribution in [0, 0.1) is 11.6 Å². The highest BCUT2D eigenvalue weighted by Crippen LogP contribution is 2.22. The normalized spacial score (nSPS) is 12.0. The monoisotopic (exact) mass is 318 g/mol. The molecule has 0 aliphatic rings. The zero-order chi connectivity index (χ0) is 16.9. The van der Waals surface area contributed by atoms with Crippen LogP contribution in [-0.2, 0) is 14.4 Å². The number of carbonyl (C=O) groups is 1. The summed E-state index contributed by atoms with van der Waals surface area (Å²) in [5, 5.41) is 5.49. The molecule has 1 rings (SSSR count). The lowest BCUT2D eigenvalue weighted by Crippen LogP contribution is -2.32. The second-order valence-corrected chi connectivity index (χ2v) is 4.75. The smallest absolute Gasteiger partial charge is 0.263 e. The Kier molecular flexibility index (Phi) is 5.78. The number of hydrogen-bond donors (Lipinski definition) is 1. The van der Waals surface area contributed by atoms with E-state index in [2.05, 4.69) is 15.3 Å². The van der Waals surface area contributed by atoms with E-state index in [-0.39, 0.29) is 18.2 Å². The van der Waals surface area contributed by atoms with E-state index in [4.69, 9.17) is 4.74 Å². The van der Waals surface area contributed by atoms with Crippen molar-refractivity contribution < 1.29 is 27.5 Å². The minimum absolute atomic E-state index is 0.121. The fourth-order valence-corrected chi connectivity index (χ4v) is 1.49. The van der Waals surface area contributed by atoms with Gasteiger partial charge in [-0.05, 0) is 38.1 Å². The molecule has 0 fully saturated rings. The number of nitrogens with zero attached hydrogens (tertiary/aromatic N) is 1. The quantitative estimate of drug-likeness (QED) is 0.516. The van der Waals surface area contributed by atoms with Crippen LogP contribution in [0.4, 0.5) is 18.9 Å². The third kappa shape index (κ3) is 4.37. The second-order valence-electron chi connectivity index (χ2n) is 4.75. The van der Waals surface area contributed by atoms with Crippen molar-refractivity contribution in [2.45, 2.75) is 26.4 Å². The van der Waals surface area contributed by atoms with Crippen molar-refractivity contribution in [2.75, 3.05) is 19.0 Å². The maximum absolute atomic E-state index is 14.1. The lowest BCUT2D eigenvalue weighted by Gasteiger charge is -2.15. The van der Waals surface area contributed by atoms with E-state index in [1.807, 2.05) is 0 Å². The number of ether oxygens (including phenoxy) is 1. The van der Waals surface area contributed by atoms with E-state index in [9.17, 15) is 18.0 Å². The molecule has 0 atom stereocenters. The first-order valence-electron chi connectivity index (χ1n) is 6.44. The van der Waals surface area contributed by atoms with Crippen LogP contribution in [0.15, 0.2) is 17.3 Å². The summed E-state index contributed by atoms with van der Waals surface area (Å²) in [6, 6.07) is 1.68. The molecule has 0 spiro atoms. The molecule has 5 nitrogen and oxygen atoms in total. The Bertz CT molecular complexity index is 560. The molecule has 0 aliphatic carbocycles. The van der Waals surface area contributed by atoms with Gasteiger partial charge in [0.25, 0.3) is 11.8 Å². The van der Waals surface area contributed by atoms with Gasteiger partial charge in [-0.1, -0.05) is 0 Å². The van der Waals surface area contributed by atoms with Crippen molar-refractivity contribution in [1.29, 1.82) is 0 Å². The molecule has 0 unspecified atom stereocenters. The zero-order valence-electron chi connectivity index (χ0n) is 12.7. The van der Waals surface area contributed by atoms with Crippen LogP contribution in [0.2, 0.25) is 0 Å². The van der Waals surface area contributed by atoms with Crippen LogP contribution in [-0.4, -0.2) is 31.2 Å². The van der Waals surface area contributed by atoms with Gasteiger partial charge in [-0.15, -0.1) is 0 Å². The number of alkyl halides is 1. The molecule has 1 aromatic rings. The van der Waals surface area contributed by atoms with Crippen molar-refractivity contribution in [3.63, 3.8) is 0 Å². The Morgan fingerprint density at radius 1 is 1.32 bits per heavy atom. The molecule has 0 heterocycles. The Balaban J connectivity index is 3.17. The van der Waals surface area contributed by atoms with Crippen LogP contribution < -0.4 is 5.32 Å². The van der Waals surface area contributed by atoms with Crippen LogP contribution >= 0.6 is 0 Å². The average Bonchev–Trinajstić information content (AvgIpc) is 2.37. The molecule has 0 saturated heterocycles. The number of oxime groups is 1. The fourth-order valence-electron chi connectivity index (χ4n) is 1.49. The van der Waals surface area contributed by atoms with Crippen LogP contribution in [0.1, 0.15) is 26.3 Å². The number of amides is 1. The fraction of sp³-hybridized carbons (Fsp3) is 0.429. The lowest BCUT2D eigenvalue weighted by atomic mass is 10.1. The first kappa shape index (κ1) is 17.8. The van der Waals surface area contributed by atoms with Crippen molar-refractivity contribution >= 4 is 17.5 Å². The number of nitrogens with one attached hydrogen (secondary N) is 1. The molecule has 122 valence electrons. The van der Waals surface area contributed by atoms with Gasteiger partial charge in [0.2, 0.25) is 0 Å². The van der Waals surface area contributed by atoms with Gasteiger partial charge < -0.3 is 14.9 Å². The average molecular weight is 318 g/mol. The maximum atomic E-state index is 14.1. The second kappa shape index (κ2) is 7.15. The summed E-state index contributed by atoms with van der Waals surface area (Å²) in [7, 11) is 1.20. The lowest BCUT2D eigenvalue weighted by molar-refractivity contribution is -0.125. The summed E-state index contributed by atoms with van der Waals surface area (Å²) in [6.45, 7) is 3.79. The summed E-state index contributed by atoms with van der Waals surface area (Å²) >= 11 is 0. The van der Waals surface area contributed by atoms with Gasteiger partial charge in [0.05, 0.1) is 6.61 Å². The van der Waals surface area contributed by atoms with E-state index in [0.717, 1.165) is 26.0 Å². The predicted molar refractivity (Wildman–Crippen MR) is 75.3 cm³/mol. The third-order valence-corrected chi connectivity index (χ3v) is 2.51. The Labute approximate surface area is 126 Å². The molecule has 22 heavy (non-hydrogen) atoms. The minimum Gasteiger partial charge on any atom is -0.475 e. The molecule has 0 radical (unpaired) electrons. The number of carbonyl (C=O) groups excluding carboxylic acids is 1. The van der Waals surface area contributed by atoms with Crippen molar-refractivity contribution in [3.8, 4) is 0 Å². The highest BCUT2D eigenvalue weighted by molar-refractivity contribution is 5.98. The molecule has 0 aliphatic heterocycles. The standard InChI is InChI=1S/C14H17F3N2O3/c1-5-22-12(19-21-4)11-9(15)6-8(7-10(11)16)18-13(20)14(2,3)17/h6-7H,5H2,1-4H3,(H,18,20). The van der Waals surface area contributed by atoms with Crippen molar-refractivity contribution in [1.82, 2.24) is 0 Å². The van der Waals surface area contributed by atoms with Gasteiger partial charge in [-0.2, -0.15) is 0 Å². The Morgan fingerprint density at radius 3 is 2.27 bits per heavy atom. The molecule has 1 N–H and O–H groups in total. The molecule has 1 aromatic carbocycles. The predicted octanol–water partition coefficient (Wildman–Crippen LogP) is 3.00. The molecule has 0 bridgehead atoms.